The predicted molar refractivity (Wildman–Crippen MR) is 295 cm³/mol. The summed E-state index contributed by atoms with van der Waals surface area (Å²) in [6.07, 6.45) is 72.7. The largest absolute Gasteiger partial charge is 0.756 e. The van der Waals surface area contributed by atoms with E-state index in [1.807, 2.05) is 21.1 Å². The molecule has 0 heterocycles. The third-order valence-corrected chi connectivity index (χ3v) is 12.3. The van der Waals surface area contributed by atoms with E-state index >= 15 is 0 Å². The maximum atomic E-state index is 12.8. The normalized spacial score (nSPS) is 14.3. The number of hydrogen-bond donors (Lipinski definition) is 0. The molecule has 0 radical (unpaired) electrons. The molecule has 0 aliphatic heterocycles. The molecule has 0 saturated heterocycles. The van der Waals surface area contributed by atoms with E-state index in [1.54, 1.807) is 0 Å². The molecule has 0 bridgehead atoms. The second-order valence-corrected chi connectivity index (χ2v) is 20.6. The van der Waals surface area contributed by atoms with Crippen LogP contribution in [0.1, 0.15) is 206 Å². The Hall–Kier alpha value is -2.84. The first kappa shape index (κ1) is 66.2. The van der Waals surface area contributed by atoms with Gasteiger partial charge in [0.1, 0.15) is 19.3 Å². The summed E-state index contributed by atoms with van der Waals surface area (Å²) in [4.78, 5) is 25.2. The van der Waals surface area contributed by atoms with Gasteiger partial charge in [-0.05, 0) is 103 Å². The Balaban J connectivity index is 4.20. The number of rotatable bonds is 50. The molecule has 396 valence electrons. The minimum Gasteiger partial charge on any atom is -0.756 e. The minimum absolute atomic E-state index is 0.0107. The zero-order valence-corrected chi connectivity index (χ0v) is 45.9. The quantitative estimate of drug-likeness (QED) is 0.0197. The van der Waals surface area contributed by atoms with Gasteiger partial charge in [-0.2, -0.15) is 0 Å². The Bertz CT molecular complexity index is 1470. The summed E-state index contributed by atoms with van der Waals surface area (Å²) in [6.45, 7) is 5.21. The van der Waals surface area contributed by atoms with E-state index in [-0.39, 0.29) is 32.2 Å². The fraction of sp³-hybridized carbons (Fsp3) is 0.683. The molecule has 0 spiro atoms. The van der Waals surface area contributed by atoms with Crippen molar-refractivity contribution in [1.29, 1.82) is 0 Å². The second-order valence-electron chi connectivity index (χ2n) is 19.2. The molecule has 2 unspecified atom stereocenters. The molecule has 0 aromatic rings. The minimum atomic E-state index is -4.56. The molecule has 0 saturated carbocycles. The van der Waals surface area contributed by atoms with E-state index < -0.39 is 13.9 Å². The fourth-order valence-electron chi connectivity index (χ4n) is 7.09. The van der Waals surface area contributed by atoms with Gasteiger partial charge in [0.2, 0.25) is 0 Å². The highest BCUT2D eigenvalue weighted by atomic mass is 31.2. The first-order chi connectivity index (χ1) is 33.6. The number of phosphoric ester groups is 1. The van der Waals surface area contributed by atoms with Crippen LogP contribution in [0.3, 0.4) is 0 Å². The Morgan fingerprint density at radius 3 is 1.26 bits per heavy atom. The lowest BCUT2D eigenvalue weighted by Gasteiger charge is -2.28. The molecule has 2 atom stereocenters. The van der Waals surface area contributed by atoms with Crippen LogP contribution in [0.4, 0.5) is 0 Å². The number of carbonyl (C=O) groups is 1. The molecular formula is C60H104NO7P. The van der Waals surface area contributed by atoms with Crippen molar-refractivity contribution in [2.75, 3.05) is 54.1 Å². The van der Waals surface area contributed by atoms with Crippen molar-refractivity contribution in [1.82, 2.24) is 0 Å². The van der Waals surface area contributed by atoms with Crippen molar-refractivity contribution in [3.05, 3.63) is 109 Å². The highest BCUT2D eigenvalue weighted by Crippen LogP contribution is 2.38. The Labute approximate surface area is 425 Å². The number of hydrogen-bond acceptors (Lipinski definition) is 7. The maximum absolute atomic E-state index is 12.8. The number of phosphoric acid groups is 1. The van der Waals surface area contributed by atoms with Gasteiger partial charge in [0.25, 0.3) is 7.82 Å². The lowest BCUT2D eigenvalue weighted by molar-refractivity contribution is -0.870. The van der Waals surface area contributed by atoms with Gasteiger partial charge in [-0.1, -0.05) is 207 Å². The van der Waals surface area contributed by atoms with Crippen LogP contribution >= 0.6 is 7.82 Å². The average Bonchev–Trinajstić information content (AvgIpc) is 3.31. The molecular weight excluding hydrogens is 878 g/mol. The van der Waals surface area contributed by atoms with Crippen LogP contribution in [0.15, 0.2) is 109 Å². The molecule has 69 heavy (non-hydrogen) atoms. The molecule has 0 rings (SSSR count). The molecule has 8 nitrogen and oxygen atoms in total. The van der Waals surface area contributed by atoms with Gasteiger partial charge in [-0.15, -0.1) is 0 Å². The third-order valence-electron chi connectivity index (χ3n) is 11.3. The Kier molecular flexibility index (Phi) is 49.4. The van der Waals surface area contributed by atoms with Crippen molar-refractivity contribution < 1.29 is 37.3 Å². The van der Waals surface area contributed by atoms with Crippen molar-refractivity contribution >= 4 is 13.8 Å². The van der Waals surface area contributed by atoms with Crippen LogP contribution in [0.5, 0.6) is 0 Å². The predicted octanol–water partition coefficient (Wildman–Crippen LogP) is 16.9. The standard InChI is InChI=1S/C60H104NO7P/c1-6-8-10-12-14-16-18-20-22-24-26-28-29-30-31-32-34-36-38-40-42-44-46-48-50-52-55-65-57-59(58-67-69(63,64)66-56-54-61(3,4)5)68-60(62)53-51-49-47-45-43-41-39-37-35-33-27-25-23-21-19-17-15-13-11-9-7-2/h9,11,15,17-18,20-21,23-24,26-27,29-30,33,37,39,43,45,59H,6-8,10,12-14,16,19,22,25,28,31-32,34-36,38,40-42,44,46-58H2,1-5H3/b11-9-,17-15-,20-18-,23-21-,26-24-,30-29-,33-27-,39-37-,45-43-. The monoisotopic (exact) mass is 982 g/mol. The smallest absolute Gasteiger partial charge is 0.306 e. The summed E-state index contributed by atoms with van der Waals surface area (Å²) in [5, 5.41) is 0. The zero-order chi connectivity index (χ0) is 50.5. The van der Waals surface area contributed by atoms with Gasteiger partial charge in [0.15, 0.2) is 0 Å². The van der Waals surface area contributed by atoms with Crippen molar-refractivity contribution in [2.45, 2.75) is 213 Å². The summed E-state index contributed by atoms with van der Waals surface area (Å²) in [6, 6.07) is 0. The summed E-state index contributed by atoms with van der Waals surface area (Å²) in [5.41, 5.74) is 0. The van der Waals surface area contributed by atoms with Gasteiger partial charge in [-0.25, -0.2) is 0 Å². The van der Waals surface area contributed by atoms with Gasteiger partial charge in [0, 0.05) is 13.0 Å². The molecule has 0 aromatic carbocycles. The van der Waals surface area contributed by atoms with E-state index in [1.165, 1.54) is 103 Å². The van der Waals surface area contributed by atoms with Crippen molar-refractivity contribution in [3.63, 3.8) is 0 Å². The summed E-state index contributed by atoms with van der Waals surface area (Å²) in [5.74, 6) is -0.379. The van der Waals surface area contributed by atoms with E-state index in [9.17, 15) is 14.3 Å². The lowest BCUT2D eigenvalue weighted by atomic mass is 10.1. The van der Waals surface area contributed by atoms with Gasteiger partial charge in [-0.3, -0.25) is 9.36 Å². The van der Waals surface area contributed by atoms with Crippen LogP contribution in [0.2, 0.25) is 0 Å². The van der Waals surface area contributed by atoms with Crippen LogP contribution in [0, 0.1) is 0 Å². The van der Waals surface area contributed by atoms with Crippen LogP contribution in [-0.4, -0.2) is 70.7 Å². The fourth-order valence-corrected chi connectivity index (χ4v) is 7.81. The first-order valence-electron chi connectivity index (χ1n) is 27.6. The zero-order valence-electron chi connectivity index (χ0n) is 45.0. The van der Waals surface area contributed by atoms with Crippen LogP contribution < -0.4 is 4.89 Å². The summed E-state index contributed by atoms with van der Waals surface area (Å²) < 4.78 is 34.7. The highest BCUT2D eigenvalue weighted by Gasteiger charge is 2.20. The van der Waals surface area contributed by atoms with Gasteiger partial charge < -0.3 is 27.9 Å². The second kappa shape index (κ2) is 51.5. The number of nitrogens with zero attached hydrogens (tertiary/aromatic N) is 1. The lowest BCUT2D eigenvalue weighted by Crippen LogP contribution is -2.37. The topological polar surface area (TPSA) is 94.1 Å². The van der Waals surface area contributed by atoms with E-state index in [0.717, 1.165) is 77.0 Å². The number of likely N-dealkylation sites (N-methyl/N-ethyl adjacent to an activating group) is 1. The van der Waals surface area contributed by atoms with Crippen LogP contribution in [0.25, 0.3) is 0 Å². The number of allylic oxidation sites excluding steroid dienone is 18. The van der Waals surface area contributed by atoms with Crippen LogP contribution in [-0.2, 0) is 27.9 Å². The number of unbranched alkanes of at least 4 members (excludes halogenated alkanes) is 18. The van der Waals surface area contributed by atoms with Crippen molar-refractivity contribution in [3.8, 4) is 0 Å². The summed E-state index contributed by atoms with van der Waals surface area (Å²) in [7, 11) is 1.31. The summed E-state index contributed by atoms with van der Waals surface area (Å²) >= 11 is 0. The van der Waals surface area contributed by atoms with Gasteiger partial charge in [0.05, 0.1) is 34.4 Å². The molecule has 9 heteroatoms. The van der Waals surface area contributed by atoms with Gasteiger partial charge >= 0.3 is 5.97 Å². The molecule has 0 fully saturated rings. The Morgan fingerprint density at radius 2 is 0.841 bits per heavy atom. The molecule has 0 aromatic heterocycles. The third kappa shape index (κ3) is 56.0. The number of quaternary nitrogens is 1. The first-order valence-corrected chi connectivity index (χ1v) is 29.1. The maximum Gasteiger partial charge on any atom is 0.306 e. The number of carbonyl (C=O) groups excluding carboxylic acids is 1. The average molecular weight is 982 g/mol. The van der Waals surface area contributed by atoms with E-state index in [2.05, 4.69) is 123 Å². The highest BCUT2D eigenvalue weighted by molar-refractivity contribution is 7.45. The van der Waals surface area contributed by atoms with E-state index in [4.69, 9.17) is 18.5 Å². The molecule has 0 aliphatic carbocycles. The number of ether oxygens (including phenoxy) is 2. The SMILES string of the molecule is CC/C=C\C/C=C\C/C=C\C/C=C\C/C=C\C/C=C\CCCCC(=O)OC(COCCCCCCCCCCCCC/C=C\C/C=C\C/C=C\CCCCCCC)COP(=O)([O-])OCC[N+](C)(C)C. The molecule has 0 amide bonds. The van der Waals surface area contributed by atoms with E-state index in [0.29, 0.717) is 24.1 Å². The molecule has 0 aliphatic rings. The molecule has 0 N–H and O–H groups in total. The number of esters is 1. The van der Waals surface area contributed by atoms with Crippen molar-refractivity contribution in [2.24, 2.45) is 0 Å². The Morgan fingerprint density at radius 1 is 0.464 bits per heavy atom.